The fourth-order valence-electron chi connectivity index (χ4n) is 0. The van der Waals surface area contributed by atoms with Crippen molar-refractivity contribution in [2.24, 2.45) is 0 Å². The third kappa shape index (κ3) is 3.24. The largest absolute Gasteiger partial charge is 0.419 e. The molecule has 0 rings (SSSR count). The normalized spacial score (nSPS) is 10.5. The van der Waals surface area contributed by atoms with Crippen LogP contribution >= 0.6 is 22.9 Å². The molecule has 0 saturated carbocycles. The van der Waals surface area contributed by atoms with Gasteiger partial charge in [0.05, 0.1) is 20.8 Å². The molecule has 0 radical (unpaired) electrons. The molecule has 0 aliphatic rings. The van der Waals surface area contributed by atoms with Crippen LogP contribution in [0.2, 0.25) is 0 Å². The molecular formula is H6BCl2NSi2. The molecule has 0 N–H and O–H groups in total. The van der Waals surface area contributed by atoms with Crippen molar-refractivity contribution in [3.8, 4) is 0 Å². The van der Waals surface area contributed by atoms with Crippen LogP contribution in [0.1, 0.15) is 0 Å². The maximum Gasteiger partial charge on any atom is 0.419 e. The van der Waals surface area contributed by atoms with Crippen molar-refractivity contribution in [2.75, 3.05) is 0 Å². The molecule has 0 aliphatic carbocycles. The van der Waals surface area contributed by atoms with Crippen molar-refractivity contribution in [2.45, 2.75) is 0 Å². The van der Waals surface area contributed by atoms with Gasteiger partial charge in [-0.1, -0.05) is 0 Å². The van der Waals surface area contributed by atoms with E-state index in [0.717, 1.165) is 20.8 Å². The molecule has 0 heterocycles. The van der Waals surface area contributed by atoms with E-state index in [1.807, 2.05) is 4.14 Å². The van der Waals surface area contributed by atoms with E-state index < -0.39 is 0 Å². The first kappa shape index (κ1) is 7.04. The Balaban J connectivity index is 2.99. The molecule has 0 fully saturated rings. The highest BCUT2D eigenvalue weighted by Crippen LogP contribution is 1.94. The molecule has 0 aromatic heterocycles. The Morgan fingerprint density at radius 3 is 1.50 bits per heavy atom. The van der Waals surface area contributed by atoms with Crippen LogP contribution in [0, 0.1) is 0 Å². The van der Waals surface area contributed by atoms with Crippen molar-refractivity contribution >= 4 is 49.4 Å². The summed E-state index contributed by atoms with van der Waals surface area (Å²) in [4.78, 5) is 0. The molecule has 1 nitrogen and oxygen atoms in total. The van der Waals surface area contributed by atoms with Crippen molar-refractivity contribution in [1.82, 2.24) is 4.14 Å². The van der Waals surface area contributed by atoms with Gasteiger partial charge in [0, 0.05) is 0 Å². The molecule has 0 aromatic rings. The molecule has 0 spiro atoms. The van der Waals surface area contributed by atoms with Gasteiger partial charge in [0.2, 0.25) is 0 Å². The van der Waals surface area contributed by atoms with E-state index in [1.54, 1.807) is 0 Å². The van der Waals surface area contributed by atoms with E-state index in [0.29, 0.717) is 0 Å². The summed E-state index contributed by atoms with van der Waals surface area (Å²) in [6, 6.07) is 0. The number of nitrogens with zero attached hydrogens (tertiary/aromatic N) is 1. The summed E-state index contributed by atoms with van der Waals surface area (Å²) in [5.74, 6) is 0. The quantitative estimate of drug-likeness (QED) is 0.411. The van der Waals surface area contributed by atoms with Crippen LogP contribution in [-0.4, -0.2) is 30.6 Å². The summed E-state index contributed by atoms with van der Waals surface area (Å²) in [5, 5.41) is 0. The van der Waals surface area contributed by atoms with Crippen LogP contribution < -0.4 is 0 Å². The molecule has 6 heteroatoms. The first-order valence-electron chi connectivity index (χ1n) is 1.59. The van der Waals surface area contributed by atoms with Gasteiger partial charge in [-0.05, 0) is 0 Å². The standard InChI is InChI=1S/BCl2H6NSi2/c2-1(3)4(5)6/h5-6H3. The summed E-state index contributed by atoms with van der Waals surface area (Å²) in [6.07, 6.45) is 0. The van der Waals surface area contributed by atoms with Gasteiger partial charge in [-0.2, -0.15) is 22.9 Å². The topological polar surface area (TPSA) is 3.24 Å². The van der Waals surface area contributed by atoms with Gasteiger partial charge in [-0.3, -0.25) is 0 Å². The van der Waals surface area contributed by atoms with Crippen LogP contribution in [-0.2, 0) is 0 Å². The van der Waals surface area contributed by atoms with Crippen molar-refractivity contribution in [1.29, 1.82) is 0 Å². The molecular weight excluding hydrogens is 152 g/mol. The monoisotopic (exact) mass is 157 g/mol. The van der Waals surface area contributed by atoms with E-state index in [1.165, 1.54) is 0 Å². The summed E-state index contributed by atoms with van der Waals surface area (Å²) in [7, 11) is 1.97. The Kier molecular flexibility index (Phi) is 3.63. The second-order valence-corrected chi connectivity index (χ2v) is 6.90. The maximum atomic E-state index is 5.37. The van der Waals surface area contributed by atoms with Crippen LogP contribution in [0.25, 0.3) is 0 Å². The first-order chi connectivity index (χ1) is 2.64. The Hall–Kier alpha value is 1.04. The average molecular weight is 158 g/mol. The van der Waals surface area contributed by atoms with Crippen molar-refractivity contribution < 1.29 is 0 Å². The molecule has 36 valence electrons. The van der Waals surface area contributed by atoms with E-state index in [4.69, 9.17) is 22.9 Å². The zero-order chi connectivity index (χ0) is 5.15. The molecule has 0 unspecified atom stereocenters. The minimum atomic E-state index is -0.247. The number of hydrogen-bond donors (Lipinski definition) is 0. The molecule has 0 saturated heterocycles. The Morgan fingerprint density at radius 1 is 1.33 bits per heavy atom. The lowest BCUT2D eigenvalue weighted by Crippen LogP contribution is -2.24. The maximum absolute atomic E-state index is 5.37. The number of hydrogen-bond acceptors (Lipinski definition) is 1. The van der Waals surface area contributed by atoms with E-state index >= 15 is 0 Å². The minimum Gasteiger partial charge on any atom is -0.374 e. The van der Waals surface area contributed by atoms with Crippen LogP contribution in [0.4, 0.5) is 0 Å². The zero-order valence-corrected chi connectivity index (χ0v) is 9.29. The first-order valence-corrected chi connectivity index (χ1v) is 4.25. The van der Waals surface area contributed by atoms with Crippen LogP contribution in [0.15, 0.2) is 0 Å². The minimum absolute atomic E-state index is 0.247. The summed E-state index contributed by atoms with van der Waals surface area (Å²) >= 11 is 10.7. The zero-order valence-electron chi connectivity index (χ0n) is 3.78. The third-order valence-corrected chi connectivity index (χ3v) is 3.51. The van der Waals surface area contributed by atoms with Crippen molar-refractivity contribution in [3.63, 3.8) is 0 Å². The van der Waals surface area contributed by atoms with Gasteiger partial charge < -0.3 is 4.14 Å². The van der Waals surface area contributed by atoms with E-state index in [2.05, 4.69) is 0 Å². The van der Waals surface area contributed by atoms with E-state index in [-0.39, 0.29) is 5.68 Å². The molecule has 0 aromatic carbocycles. The van der Waals surface area contributed by atoms with Crippen LogP contribution in [0.5, 0.6) is 0 Å². The lowest BCUT2D eigenvalue weighted by atomic mass is 10.4. The average Bonchev–Trinajstić information content (AvgIpc) is 1.36. The third-order valence-electron chi connectivity index (χ3n) is 0.390. The van der Waals surface area contributed by atoms with Gasteiger partial charge in [0.25, 0.3) is 0 Å². The fourth-order valence-corrected chi connectivity index (χ4v) is 0. The smallest absolute Gasteiger partial charge is 0.374 e. The van der Waals surface area contributed by atoms with Gasteiger partial charge in [0.1, 0.15) is 0 Å². The summed E-state index contributed by atoms with van der Waals surface area (Å²) < 4.78 is 1.98. The SMILES string of the molecule is [SiH3]N([SiH3])B(Cl)Cl. The van der Waals surface area contributed by atoms with Gasteiger partial charge in [-0.25, -0.2) is 0 Å². The van der Waals surface area contributed by atoms with Gasteiger partial charge in [-0.15, -0.1) is 0 Å². The Labute approximate surface area is 53.9 Å². The predicted molar refractivity (Wildman–Crippen MR) is 39.2 cm³/mol. The van der Waals surface area contributed by atoms with Gasteiger partial charge in [0.15, 0.2) is 0 Å². The van der Waals surface area contributed by atoms with Crippen molar-refractivity contribution in [3.05, 3.63) is 0 Å². The fraction of sp³-hybridized carbons (Fsp3) is 0. The Bertz CT molecular complexity index is 32.5. The van der Waals surface area contributed by atoms with Gasteiger partial charge >= 0.3 is 5.68 Å². The molecule has 0 aliphatic heterocycles. The molecule has 6 heavy (non-hydrogen) atoms. The second kappa shape index (κ2) is 3.09. The summed E-state index contributed by atoms with van der Waals surface area (Å²) in [5.41, 5.74) is -0.247. The second-order valence-electron chi connectivity index (χ2n) is 1.24. The van der Waals surface area contributed by atoms with E-state index in [9.17, 15) is 0 Å². The predicted octanol–water partition coefficient (Wildman–Crippen LogP) is -1.69. The highest BCUT2D eigenvalue weighted by atomic mass is 35.5. The molecule has 0 atom stereocenters. The lowest BCUT2D eigenvalue weighted by molar-refractivity contribution is 1.16. The highest BCUT2D eigenvalue weighted by Gasteiger charge is 2.04. The summed E-state index contributed by atoms with van der Waals surface area (Å²) in [6.45, 7) is 0. The number of halogens is 2. The molecule has 0 amide bonds. The number of rotatable bonds is 1. The highest BCUT2D eigenvalue weighted by molar-refractivity contribution is 7.34. The Morgan fingerprint density at radius 2 is 1.50 bits per heavy atom. The lowest BCUT2D eigenvalue weighted by Gasteiger charge is -2.04. The van der Waals surface area contributed by atoms with Crippen LogP contribution in [0.3, 0.4) is 0 Å². The molecule has 0 bridgehead atoms.